The van der Waals surface area contributed by atoms with Crippen LogP contribution in [0.2, 0.25) is 0 Å². The van der Waals surface area contributed by atoms with Gasteiger partial charge in [-0.15, -0.1) is 0 Å². The van der Waals surface area contributed by atoms with Gasteiger partial charge in [0, 0.05) is 11.9 Å². The first-order valence-corrected chi connectivity index (χ1v) is 3.84. The Kier molecular flexibility index (Phi) is 5.62. The molecule has 0 aliphatic rings. The first kappa shape index (κ1) is 10.6. The van der Waals surface area contributed by atoms with Gasteiger partial charge < -0.3 is 0 Å². The summed E-state index contributed by atoms with van der Waals surface area (Å²) in [4.78, 5) is 4.15. The van der Waals surface area contributed by atoms with E-state index in [9.17, 15) is 0 Å². The van der Waals surface area contributed by atoms with E-state index < -0.39 is 0 Å². The lowest BCUT2D eigenvalue weighted by molar-refractivity contribution is 1.24. The molecular weight excluding hydrogens is 146 g/mol. The van der Waals surface area contributed by atoms with Crippen LogP contribution in [0.25, 0.3) is 0 Å². The molecule has 0 aromatic rings. The first-order chi connectivity index (χ1) is 5.72. The Labute approximate surface area is 74.5 Å². The molecule has 0 radical (unpaired) electrons. The molecule has 0 spiro atoms. The van der Waals surface area contributed by atoms with E-state index in [2.05, 4.69) is 18.2 Å². The van der Waals surface area contributed by atoms with Gasteiger partial charge in [0.15, 0.2) is 0 Å². The van der Waals surface area contributed by atoms with Gasteiger partial charge in [-0.1, -0.05) is 37.5 Å². The van der Waals surface area contributed by atoms with Gasteiger partial charge in [0.25, 0.3) is 0 Å². The molecule has 1 nitrogen and oxygen atoms in total. The summed E-state index contributed by atoms with van der Waals surface area (Å²) in [5, 5.41) is 0. The molecule has 12 heavy (non-hydrogen) atoms. The van der Waals surface area contributed by atoms with Crippen molar-refractivity contribution in [2.45, 2.75) is 13.8 Å². The van der Waals surface area contributed by atoms with Crippen molar-refractivity contribution in [1.29, 1.82) is 0 Å². The summed E-state index contributed by atoms with van der Waals surface area (Å²) in [5.41, 5.74) is 2.13. The van der Waals surface area contributed by atoms with E-state index in [4.69, 9.17) is 0 Å². The molecule has 0 fully saturated rings. The average Bonchev–Trinajstić information content (AvgIpc) is 2.10. The van der Waals surface area contributed by atoms with E-state index in [1.807, 2.05) is 26.0 Å². The minimum absolute atomic E-state index is 0.994. The van der Waals surface area contributed by atoms with Crippen molar-refractivity contribution in [2.24, 2.45) is 4.99 Å². The summed E-state index contributed by atoms with van der Waals surface area (Å²) in [6.45, 7) is 11.1. The van der Waals surface area contributed by atoms with Crippen molar-refractivity contribution in [3.05, 3.63) is 48.7 Å². The van der Waals surface area contributed by atoms with Gasteiger partial charge >= 0.3 is 0 Å². The topological polar surface area (TPSA) is 12.4 Å². The van der Waals surface area contributed by atoms with Gasteiger partial charge in [-0.3, -0.25) is 4.99 Å². The molecule has 0 aliphatic heterocycles. The zero-order chi connectivity index (χ0) is 9.40. The highest BCUT2D eigenvalue weighted by molar-refractivity contribution is 5.71. The summed E-state index contributed by atoms with van der Waals surface area (Å²) < 4.78 is 0. The van der Waals surface area contributed by atoms with E-state index in [1.54, 1.807) is 18.4 Å². The molecule has 0 rings (SSSR count). The maximum atomic E-state index is 4.15. The van der Waals surface area contributed by atoms with Crippen LogP contribution < -0.4 is 0 Å². The van der Waals surface area contributed by atoms with Gasteiger partial charge in [0.2, 0.25) is 0 Å². The van der Waals surface area contributed by atoms with E-state index in [0.717, 1.165) is 11.3 Å². The molecule has 0 bridgehead atoms. The van der Waals surface area contributed by atoms with Gasteiger partial charge in [-0.25, -0.2) is 0 Å². The Hall–Kier alpha value is -1.37. The molecule has 0 aliphatic carbocycles. The van der Waals surface area contributed by atoms with Crippen molar-refractivity contribution >= 4 is 6.21 Å². The summed E-state index contributed by atoms with van der Waals surface area (Å²) in [7, 11) is 0. The molecule has 0 N–H and O–H groups in total. The van der Waals surface area contributed by atoms with E-state index in [-0.39, 0.29) is 0 Å². The van der Waals surface area contributed by atoms with Crippen molar-refractivity contribution in [1.82, 2.24) is 0 Å². The van der Waals surface area contributed by atoms with Crippen LogP contribution in [0.5, 0.6) is 0 Å². The van der Waals surface area contributed by atoms with Gasteiger partial charge in [-0.2, -0.15) is 0 Å². The number of hydrogen-bond acceptors (Lipinski definition) is 1. The Morgan fingerprint density at radius 2 is 1.83 bits per heavy atom. The van der Waals surface area contributed by atoms with Crippen LogP contribution >= 0.6 is 0 Å². The maximum absolute atomic E-state index is 4.15. The second kappa shape index (κ2) is 6.35. The summed E-state index contributed by atoms with van der Waals surface area (Å²) in [6, 6.07) is 0. The number of nitrogens with zero attached hydrogens (tertiary/aromatic N) is 1. The van der Waals surface area contributed by atoms with Gasteiger partial charge in [0.05, 0.1) is 0 Å². The van der Waals surface area contributed by atoms with Crippen LogP contribution in [-0.2, 0) is 0 Å². The molecule has 0 unspecified atom stereocenters. The smallest absolute Gasteiger partial charge is 0.0401 e. The Morgan fingerprint density at radius 1 is 1.17 bits per heavy atom. The Balaban J connectivity index is 4.44. The van der Waals surface area contributed by atoms with Crippen LogP contribution in [0.15, 0.2) is 53.7 Å². The molecule has 0 amide bonds. The predicted octanol–water partition coefficient (Wildman–Crippen LogP) is 3.28. The summed E-state index contributed by atoms with van der Waals surface area (Å²) in [5.74, 6) is 0. The SMILES string of the molecule is C=C\C=C/C(C)=C(C)/N=C\C=C. The highest BCUT2D eigenvalue weighted by Gasteiger charge is 1.86. The number of hydrogen-bond donors (Lipinski definition) is 0. The lowest BCUT2D eigenvalue weighted by Gasteiger charge is -1.94. The lowest BCUT2D eigenvalue weighted by Crippen LogP contribution is -1.76. The number of allylic oxidation sites excluding steroid dienone is 6. The molecular formula is C11H15N. The third-order valence-corrected chi connectivity index (χ3v) is 1.43. The minimum atomic E-state index is 0.994. The molecule has 64 valence electrons. The zero-order valence-electron chi connectivity index (χ0n) is 7.75. The standard InChI is InChI=1S/C11H15N/c1-5-7-8-10(3)11(4)12-9-6-2/h5-9H,1-2H2,3-4H3/b8-7-,11-10+,12-9-. The van der Waals surface area contributed by atoms with Gasteiger partial charge in [-0.05, 0) is 19.4 Å². The van der Waals surface area contributed by atoms with E-state index >= 15 is 0 Å². The third kappa shape index (κ3) is 4.45. The fourth-order valence-corrected chi connectivity index (χ4v) is 0.599. The highest BCUT2D eigenvalue weighted by Crippen LogP contribution is 2.05. The molecule has 0 aromatic carbocycles. The number of rotatable bonds is 4. The maximum Gasteiger partial charge on any atom is 0.0401 e. The largest absolute Gasteiger partial charge is 0.261 e. The van der Waals surface area contributed by atoms with Crippen LogP contribution in [0.3, 0.4) is 0 Å². The second-order valence-electron chi connectivity index (χ2n) is 2.38. The fraction of sp³-hybridized carbons (Fsp3) is 0.182. The van der Waals surface area contributed by atoms with Crippen LogP contribution in [-0.4, -0.2) is 6.21 Å². The molecule has 0 saturated heterocycles. The predicted molar refractivity (Wildman–Crippen MR) is 56.4 cm³/mol. The quantitative estimate of drug-likeness (QED) is 0.443. The summed E-state index contributed by atoms with van der Waals surface area (Å²) in [6.07, 6.45) is 8.95. The molecule has 1 heteroatoms. The fourth-order valence-electron chi connectivity index (χ4n) is 0.599. The molecule has 0 saturated carbocycles. The van der Waals surface area contributed by atoms with E-state index in [0.29, 0.717) is 0 Å². The van der Waals surface area contributed by atoms with Crippen molar-refractivity contribution < 1.29 is 0 Å². The van der Waals surface area contributed by atoms with Gasteiger partial charge in [0.1, 0.15) is 0 Å². The normalized spacial score (nSPS) is 13.5. The summed E-state index contributed by atoms with van der Waals surface area (Å²) >= 11 is 0. The minimum Gasteiger partial charge on any atom is -0.261 e. The zero-order valence-corrected chi connectivity index (χ0v) is 7.75. The average molecular weight is 161 g/mol. The van der Waals surface area contributed by atoms with E-state index in [1.165, 1.54) is 0 Å². The highest BCUT2D eigenvalue weighted by atomic mass is 14.7. The van der Waals surface area contributed by atoms with Crippen LogP contribution in [0.4, 0.5) is 0 Å². The second-order valence-corrected chi connectivity index (χ2v) is 2.38. The molecule has 0 aromatic heterocycles. The van der Waals surface area contributed by atoms with Crippen molar-refractivity contribution in [2.75, 3.05) is 0 Å². The van der Waals surface area contributed by atoms with Crippen LogP contribution in [0.1, 0.15) is 13.8 Å². The van der Waals surface area contributed by atoms with Crippen molar-refractivity contribution in [3.63, 3.8) is 0 Å². The Bertz CT molecular complexity index is 216. The monoisotopic (exact) mass is 161 g/mol. The molecule has 0 atom stereocenters. The first-order valence-electron chi connectivity index (χ1n) is 3.84. The third-order valence-electron chi connectivity index (χ3n) is 1.43. The van der Waals surface area contributed by atoms with Crippen LogP contribution in [0, 0.1) is 0 Å². The Morgan fingerprint density at radius 3 is 2.33 bits per heavy atom. The van der Waals surface area contributed by atoms with Crippen molar-refractivity contribution in [3.8, 4) is 0 Å². The lowest BCUT2D eigenvalue weighted by atomic mass is 10.2. The molecule has 0 heterocycles. The number of aliphatic imine (C=N–C) groups is 1.